The van der Waals surface area contributed by atoms with Gasteiger partial charge in [0.1, 0.15) is 10.0 Å². The number of amides is 1. The van der Waals surface area contributed by atoms with Gasteiger partial charge in [0.05, 0.1) is 17.1 Å². The van der Waals surface area contributed by atoms with Crippen molar-refractivity contribution < 1.29 is 31.1 Å². The first-order valence-electron chi connectivity index (χ1n) is 9.27. The molecule has 0 spiro atoms. The molecule has 0 N–H and O–H groups in total. The number of carbonyl (C=O) groups excluding carboxylic acids is 1. The Labute approximate surface area is 187 Å². The van der Waals surface area contributed by atoms with Gasteiger partial charge in [-0.2, -0.15) is 17.9 Å². The maximum atomic E-state index is 12.9. The molecule has 0 aromatic carbocycles. The van der Waals surface area contributed by atoms with Gasteiger partial charge < -0.3 is 10.1 Å². The third-order valence-corrected chi connectivity index (χ3v) is 7.68. The number of aromatic nitrogens is 2. The van der Waals surface area contributed by atoms with Crippen LogP contribution in [-0.2, 0) is 14.6 Å². The van der Waals surface area contributed by atoms with E-state index >= 15 is 0 Å². The first-order chi connectivity index (χ1) is 14.3. The summed E-state index contributed by atoms with van der Waals surface area (Å²) in [5.74, 6) is -2.74. The molecule has 2 heterocycles. The van der Waals surface area contributed by atoms with Crippen molar-refractivity contribution in [1.29, 1.82) is 0 Å². The monoisotopic (exact) mass is 499 g/mol. The summed E-state index contributed by atoms with van der Waals surface area (Å²) in [6.45, 7) is 3.25. The van der Waals surface area contributed by atoms with Crippen LogP contribution < -0.4 is 9.63 Å². The highest BCUT2D eigenvalue weighted by atomic mass is 35.5. The number of rotatable bonds is 9. The maximum Gasteiger partial charge on any atom is 0.389 e. The molecule has 0 fully saturated rings. The Morgan fingerprint density at radius 3 is 2.68 bits per heavy atom. The Morgan fingerprint density at radius 1 is 1.42 bits per heavy atom. The molecule has 0 radical (unpaired) electrons. The molecule has 0 saturated heterocycles. The smallest absolute Gasteiger partial charge is 0.389 e. The van der Waals surface area contributed by atoms with E-state index in [9.17, 15) is 31.6 Å². The molecule has 2 rings (SSSR count). The predicted molar refractivity (Wildman–Crippen MR) is 113 cm³/mol. The molecule has 0 aliphatic carbocycles. The zero-order valence-corrected chi connectivity index (χ0v) is 19.1. The summed E-state index contributed by atoms with van der Waals surface area (Å²) in [5.41, 5.74) is 0.499. The summed E-state index contributed by atoms with van der Waals surface area (Å²) in [4.78, 5) is 18.4. The van der Waals surface area contributed by atoms with E-state index in [0.29, 0.717) is 20.3 Å². The van der Waals surface area contributed by atoms with Crippen LogP contribution in [0.3, 0.4) is 0 Å². The Balaban J connectivity index is 2.14. The fraction of sp³-hybridized carbons (Fsp3) is 0.500. The molecule has 172 valence electrons. The van der Waals surface area contributed by atoms with Crippen molar-refractivity contribution in [3.8, 4) is 10.6 Å². The van der Waals surface area contributed by atoms with Gasteiger partial charge in [0.25, 0.3) is 0 Å². The zero-order chi connectivity index (χ0) is 23.4. The average Bonchev–Trinajstić information content (AvgIpc) is 3.02. The summed E-state index contributed by atoms with van der Waals surface area (Å²) in [6.07, 6.45) is -3.57. The minimum Gasteiger partial charge on any atom is -0.619 e. The van der Waals surface area contributed by atoms with Gasteiger partial charge in [0, 0.05) is 24.9 Å². The van der Waals surface area contributed by atoms with Crippen molar-refractivity contribution in [1.82, 2.24) is 4.98 Å². The molecular weight excluding hydrogens is 479 g/mol. The number of nitrogens with zero attached hydrogens (tertiary/aromatic N) is 3. The topological polar surface area (TPSA) is 94.3 Å². The Hall–Kier alpha value is -1.92. The van der Waals surface area contributed by atoms with E-state index in [1.165, 1.54) is 30.3 Å². The number of halogens is 4. The van der Waals surface area contributed by atoms with E-state index in [1.807, 2.05) is 0 Å². The predicted octanol–water partition coefficient (Wildman–Crippen LogP) is 3.84. The van der Waals surface area contributed by atoms with E-state index in [2.05, 4.69) is 4.98 Å². The zero-order valence-electron chi connectivity index (χ0n) is 16.7. The maximum absolute atomic E-state index is 12.9. The highest BCUT2D eigenvalue weighted by molar-refractivity contribution is 7.91. The van der Waals surface area contributed by atoms with Gasteiger partial charge in [0.2, 0.25) is 5.91 Å². The number of anilines is 1. The van der Waals surface area contributed by atoms with Gasteiger partial charge in [-0.3, -0.25) is 4.79 Å². The summed E-state index contributed by atoms with van der Waals surface area (Å²) in [6, 6.07) is 3.19. The van der Waals surface area contributed by atoms with Crippen LogP contribution in [0.1, 0.15) is 26.7 Å². The molecule has 1 atom stereocenters. The first kappa shape index (κ1) is 25.3. The van der Waals surface area contributed by atoms with Gasteiger partial charge >= 0.3 is 6.18 Å². The van der Waals surface area contributed by atoms with Gasteiger partial charge in [-0.25, -0.2) is 13.4 Å². The Morgan fingerprint density at radius 2 is 2.10 bits per heavy atom. The van der Waals surface area contributed by atoms with E-state index < -0.39 is 52.2 Å². The van der Waals surface area contributed by atoms with Crippen molar-refractivity contribution in [2.24, 2.45) is 5.92 Å². The molecule has 1 amide bonds. The summed E-state index contributed by atoms with van der Waals surface area (Å²) < 4.78 is 61.7. The van der Waals surface area contributed by atoms with Crippen LogP contribution in [0.15, 0.2) is 24.5 Å². The van der Waals surface area contributed by atoms with Crippen LogP contribution >= 0.6 is 22.9 Å². The second kappa shape index (κ2) is 10.1. The molecular formula is C18H21ClF3N3O4S2. The highest BCUT2D eigenvalue weighted by Gasteiger charge is 2.31. The molecule has 2 aromatic rings. The van der Waals surface area contributed by atoms with Crippen LogP contribution in [0.2, 0.25) is 5.15 Å². The summed E-state index contributed by atoms with van der Waals surface area (Å²) >= 11 is 7.27. The summed E-state index contributed by atoms with van der Waals surface area (Å²) in [7, 11) is -3.86. The fourth-order valence-electron chi connectivity index (χ4n) is 2.86. The van der Waals surface area contributed by atoms with Gasteiger partial charge in [-0.15, -0.1) is 0 Å². The largest absolute Gasteiger partial charge is 0.619 e. The molecule has 13 heteroatoms. The minimum atomic E-state index is -4.43. The first-order valence-corrected chi connectivity index (χ1v) is 12.3. The number of hydrogen-bond donors (Lipinski definition) is 0. The van der Waals surface area contributed by atoms with E-state index in [-0.39, 0.29) is 11.7 Å². The van der Waals surface area contributed by atoms with Crippen molar-refractivity contribution in [3.05, 3.63) is 34.9 Å². The fourth-order valence-corrected chi connectivity index (χ4v) is 5.88. The molecule has 0 saturated carbocycles. The number of hydrogen-bond acceptors (Lipinski definition) is 6. The molecule has 7 nitrogen and oxygen atoms in total. The lowest BCUT2D eigenvalue weighted by Gasteiger charge is -2.23. The highest BCUT2D eigenvalue weighted by Crippen LogP contribution is 2.38. The average molecular weight is 500 g/mol. The van der Waals surface area contributed by atoms with Gasteiger partial charge in [-0.1, -0.05) is 29.9 Å². The van der Waals surface area contributed by atoms with Crippen molar-refractivity contribution in [2.45, 2.75) is 32.9 Å². The van der Waals surface area contributed by atoms with Crippen LogP contribution in [0.5, 0.6) is 0 Å². The third-order valence-electron chi connectivity index (χ3n) is 4.26. The number of sulfone groups is 1. The molecule has 2 aromatic heterocycles. The lowest BCUT2D eigenvalue weighted by molar-refractivity contribution is -0.604. The number of carbonyl (C=O) groups is 1. The van der Waals surface area contributed by atoms with Crippen LogP contribution in [0.25, 0.3) is 10.6 Å². The van der Waals surface area contributed by atoms with Crippen molar-refractivity contribution in [2.75, 3.05) is 23.0 Å². The van der Waals surface area contributed by atoms with Crippen LogP contribution in [0.4, 0.5) is 18.2 Å². The Kier molecular flexibility index (Phi) is 8.28. The quantitative estimate of drug-likeness (QED) is 0.386. The minimum absolute atomic E-state index is 0.0248. The second-order valence-corrected chi connectivity index (χ2v) is 10.4. The SMILES string of the molecule is CCN(C(=O)C(C)CS(=O)(=O)CCCC(F)(F)F)c1sc(-c2ccc[n+]([O-])c2)nc1Cl. The van der Waals surface area contributed by atoms with Crippen molar-refractivity contribution >= 4 is 43.7 Å². The lowest BCUT2D eigenvalue weighted by Crippen LogP contribution is -2.37. The molecule has 0 aliphatic heterocycles. The van der Waals surface area contributed by atoms with Gasteiger partial charge in [-0.05, 0) is 19.4 Å². The van der Waals surface area contributed by atoms with E-state index in [1.54, 1.807) is 13.0 Å². The molecule has 1 unspecified atom stereocenters. The normalized spacial score (nSPS) is 13.2. The molecule has 31 heavy (non-hydrogen) atoms. The summed E-state index contributed by atoms with van der Waals surface area (Å²) in [5, 5.41) is 12.2. The van der Waals surface area contributed by atoms with Crippen LogP contribution in [0, 0.1) is 11.1 Å². The lowest BCUT2D eigenvalue weighted by atomic mass is 10.2. The Bertz CT molecular complexity index is 1030. The van der Waals surface area contributed by atoms with E-state index in [4.69, 9.17) is 11.6 Å². The van der Waals surface area contributed by atoms with Gasteiger partial charge in [0.15, 0.2) is 27.4 Å². The molecule has 0 aliphatic rings. The number of thiazole rings is 1. The van der Waals surface area contributed by atoms with Crippen LogP contribution in [-0.4, -0.2) is 43.5 Å². The van der Waals surface area contributed by atoms with E-state index in [0.717, 1.165) is 11.3 Å². The third kappa shape index (κ3) is 7.32. The molecule has 0 bridgehead atoms. The second-order valence-electron chi connectivity index (χ2n) is 6.88. The van der Waals surface area contributed by atoms with Crippen molar-refractivity contribution in [3.63, 3.8) is 0 Å². The number of alkyl halides is 3. The standard InChI is InChI=1S/C18H21ClF3N3O4S2/c1-3-25(16(26)12(2)11-31(28,29)9-5-7-18(20,21)22)17-14(19)23-15(30-17)13-6-4-8-24(27)10-13/h4,6,8,10,12H,3,5,7,9,11H2,1-2H3. The number of pyridine rings is 1.